The first-order valence-corrected chi connectivity index (χ1v) is 10.5. The molecule has 0 unspecified atom stereocenters. The predicted octanol–water partition coefficient (Wildman–Crippen LogP) is 3.41. The Morgan fingerprint density at radius 1 is 1.00 bits per heavy atom. The Morgan fingerprint density at radius 2 is 1.77 bits per heavy atom. The van der Waals surface area contributed by atoms with Crippen molar-refractivity contribution in [2.24, 2.45) is 0 Å². The number of benzene rings is 2. The van der Waals surface area contributed by atoms with E-state index in [1.54, 1.807) is 6.20 Å². The van der Waals surface area contributed by atoms with E-state index in [0.717, 1.165) is 22.0 Å². The van der Waals surface area contributed by atoms with Crippen LogP contribution in [0.5, 0.6) is 11.5 Å². The number of aromatic nitrogens is 1. The van der Waals surface area contributed by atoms with Gasteiger partial charge in [0.2, 0.25) is 0 Å². The van der Waals surface area contributed by atoms with E-state index in [2.05, 4.69) is 10.3 Å². The van der Waals surface area contributed by atoms with Crippen molar-refractivity contribution in [3.05, 3.63) is 59.8 Å². The molecule has 3 rings (SSSR count). The molecule has 0 aliphatic rings. The number of hydrogen-bond donors (Lipinski definition) is 2. The first kappa shape index (κ1) is 22.2. The van der Waals surface area contributed by atoms with Crippen molar-refractivity contribution in [3.8, 4) is 11.5 Å². The minimum atomic E-state index is -0.437. The maximum Gasteiger partial charge on any atom is 0.310 e. The summed E-state index contributed by atoms with van der Waals surface area (Å²) in [5, 5.41) is 3.75. The van der Waals surface area contributed by atoms with Crippen molar-refractivity contribution < 1.29 is 23.8 Å². The molecule has 0 aliphatic heterocycles. The summed E-state index contributed by atoms with van der Waals surface area (Å²) in [5.41, 5.74) is 2.83. The van der Waals surface area contributed by atoms with Crippen LogP contribution in [0.3, 0.4) is 0 Å². The Morgan fingerprint density at radius 3 is 2.58 bits per heavy atom. The van der Waals surface area contributed by atoms with Crippen molar-refractivity contribution in [2.45, 2.75) is 26.7 Å². The fourth-order valence-electron chi connectivity index (χ4n) is 3.28. The molecular weight excluding hydrogens is 396 g/mol. The molecule has 0 fully saturated rings. The van der Waals surface area contributed by atoms with E-state index < -0.39 is 5.97 Å². The topological polar surface area (TPSA) is 89.6 Å². The van der Waals surface area contributed by atoms with Gasteiger partial charge >= 0.3 is 5.97 Å². The third-order valence-corrected chi connectivity index (χ3v) is 4.72. The summed E-state index contributed by atoms with van der Waals surface area (Å²) in [4.78, 5) is 27.2. The summed E-state index contributed by atoms with van der Waals surface area (Å²) in [6.07, 6.45) is 2.53. The largest absolute Gasteiger partial charge is 0.490 e. The third-order valence-electron chi connectivity index (χ3n) is 4.72. The molecule has 2 N–H and O–H groups in total. The number of para-hydroxylation sites is 1. The standard InChI is InChI=1S/C24H28N2O5/c1-3-29-21-10-9-17(13-22(21)30-4-2)11-12-25-23(27)16-31-24(28)14-18-15-26-20-8-6-5-7-19(18)20/h5-10,13,15,26H,3-4,11-12,14,16H2,1-2H3,(H,25,27). The molecule has 164 valence electrons. The first-order chi connectivity index (χ1) is 15.1. The van der Waals surface area contributed by atoms with E-state index in [-0.39, 0.29) is 18.9 Å². The molecule has 0 aliphatic carbocycles. The highest BCUT2D eigenvalue weighted by atomic mass is 16.5. The van der Waals surface area contributed by atoms with Gasteiger partial charge in [-0.05, 0) is 49.6 Å². The van der Waals surface area contributed by atoms with E-state index in [9.17, 15) is 9.59 Å². The normalized spacial score (nSPS) is 10.6. The van der Waals surface area contributed by atoms with E-state index in [1.165, 1.54) is 0 Å². The van der Waals surface area contributed by atoms with Crippen LogP contribution in [0.4, 0.5) is 0 Å². The van der Waals surface area contributed by atoms with Crippen LogP contribution in [0.1, 0.15) is 25.0 Å². The smallest absolute Gasteiger partial charge is 0.310 e. The van der Waals surface area contributed by atoms with Crippen LogP contribution < -0.4 is 14.8 Å². The van der Waals surface area contributed by atoms with Crippen molar-refractivity contribution >= 4 is 22.8 Å². The molecule has 7 nitrogen and oxygen atoms in total. The zero-order chi connectivity index (χ0) is 22.1. The van der Waals surface area contributed by atoms with Crippen LogP contribution in [0.25, 0.3) is 10.9 Å². The summed E-state index contributed by atoms with van der Waals surface area (Å²) in [6.45, 7) is 5.08. The first-order valence-electron chi connectivity index (χ1n) is 10.5. The third kappa shape index (κ3) is 6.25. The van der Waals surface area contributed by atoms with Gasteiger partial charge in [-0.25, -0.2) is 0 Å². The van der Waals surface area contributed by atoms with Crippen LogP contribution in [-0.4, -0.2) is 43.2 Å². The average molecular weight is 424 g/mol. The molecule has 0 spiro atoms. The van der Waals surface area contributed by atoms with Gasteiger partial charge in [0, 0.05) is 23.6 Å². The number of carbonyl (C=O) groups excluding carboxylic acids is 2. The van der Waals surface area contributed by atoms with Gasteiger partial charge in [0.1, 0.15) is 0 Å². The van der Waals surface area contributed by atoms with Crippen molar-refractivity contribution in [1.82, 2.24) is 10.3 Å². The number of nitrogens with one attached hydrogen (secondary N) is 2. The fourth-order valence-corrected chi connectivity index (χ4v) is 3.28. The lowest BCUT2D eigenvalue weighted by Crippen LogP contribution is -2.30. The van der Waals surface area contributed by atoms with Gasteiger partial charge in [-0.3, -0.25) is 9.59 Å². The number of ether oxygens (including phenoxy) is 3. The van der Waals surface area contributed by atoms with Crippen LogP contribution in [-0.2, 0) is 27.2 Å². The second kappa shape index (κ2) is 11.1. The molecular formula is C24H28N2O5. The molecule has 0 radical (unpaired) electrons. The minimum absolute atomic E-state index is 0.115. The van der Waals surface area contributed by atoms with E-state index >= 15 is 0 Å². The second-order valence-electron chi connectivity index (χ2n) is 6.94. The molecule has 2 aromatic carbocycles. The number of H-pyrrole nitrogens is 1. The number of amides is 1. The zero-order valence-electron chi connectivity index (χ0n) is 17.9. The van der Waals surface area contributed by atoms with E-state index in [4.69, 9.17) is 14.2 Å². The molecule has 1 amide bonds. The maximum atomic E-state index is 12.1. The number of rotatable bonds is 11. The fraction of sp³-hybridized carbons (Fsp3) is 0.333. The van der Waals surface area contributed by atoms with Crippen LogP contribution >= 0.6 is 0 Å². The molecule has 1 heterocycles. The van der Waals surface area contributed by atoms with Crippen LogP contribution in [0.2, 0.25) is 0 Å². The van der Waals surface area contributed by atoms with Gasteiger partial charge in [-0.15, -0.1) is 0 Å². The van der Waals surface area contributed by atoms with Crippen molar-refractivity contribution in [3.63, 3.8) is 0 Å². The lowest BCUT2D eigenvalue weighted by Gasteiger charge is -2.12. The highest BCUT2D eigenvalue weighted by molar-refractivity contribution is 5.88. The monoisotopic (exact) mass is 424 g/mol. The lowest BCUT2D eigenvalue weighted by molar-refractivity contribution is -0.147. The van der Waals surface area contributed by atoms with Crippen molar-refractivity contribution in [2.75, 3.05) is 26.4 Å². The van der Waals surface area contributed by atoms with Gasteiger partial charge in [-0.2, -0.15) is 0 Å². The Balaban J connectivity index is 1.42. The zero-order valence-corrected chi connectivity index (χ0v) is 17.9. The quantitative estimate of drug-likeness (QED) is 0.461. The molecule has 0 bridgehead atoms. The lowest BCUT2D eigenvalue weighted by atomic mass is 10.1. The van der Waals surface area contributed by atoms with Gasteiger partial charge in [0.25, 0.3) is 5.91 Å². The van der Waals surface area contributed by atoms with Crippen LogP contribution in [0, 0.1) is 0 Å². The Kier molecular flexibility index (Phi) is 7.92. The molecule has 0 saturated carbocycles. The SMILES string of the molecule is CCOc1ccc(CCNC(=O)COC(=O)Cc2c[nH]c3ccccc23)cc1OCC. The van der Waals surface area contributed by atoms with Gasteiger partial charge in [0.15, 0.2) is 18.1 Å². The van der Waals surface area contributed by atoms with Gasteiger partial charge in [-0.1, -0.05) is 24.3 Å². The second-order valence-corrected chi connectivity index (χ2v) is 6.94. The molecule has 0 atom stereocenters. The summed E-state index contributed by atoms with van der Waals surface area (Å²) in [5.74, 6) is 0.634. The van der Waals surface area contributed by atoms with E-state index in [0.29, 0.717) is 37.7 Å². The minimum Gasteiger partial charge on any atom is -0.490 e. The van der Waals surface area contributed by atoms with Crippen molar-refractivity contribution in [1.29, 1.82) is 0 Å². The van der Waals surface area contributed by atoms with Gasteiger partial charge in [0.05, 0.1) is 19.6 Å². The summed E-state index contributed by atoms with van der Waals surface area (Å²) >= 11 is 0. The summed E-state index contributed by atoms with van der Waals surface area (Å²) in [6, 6.07) is 13.5. The number of esters is 1. The number of aromatic amines is 1. The average Bonchev–Trinajstić information content (AvgIpc) is 3.17. The molecule has 1 aromatic heterocycles. The molecule has 31 heavy (non-hydrogen) atoms. The Labute approximate surface area is 181 Å². The number of fused-ring (bicyclic) bond motifs is 1. The summed E-state index contributed by atoms with van der Waals surface area (Å²) in [7, 11) is 0. The highest BCUT2D eigenvalue weighted by Crippen LogP contribution is 2.28. The maximum absolute atomic E-state index is 12.1. The number of carbonyl (C=O) groups is 2. The number of hydrogen-bond acceptors (Lipinski definition) is 5. The Bertz CT molecular complexity index is 1030. The predicted molar refractivity (Wildman–Crippen MR) is 118 cm³/mol. The van der Waals surface area contributed by atoms with Gasteiger partial charge < -0.3 is 24.5 Å². The molecule has 7 heteroatoms. The van der Waals surface area contributed by atoms with Crippen LogP contribution in [0.15, 0.2) is 48.7 Å². The Hall–Kier alpha value is -3.48. The highest BCUT2D eigenvalue weighted by Gasteiger charge is 2.12. The molecule has 3 aromatic rings. The van der Waals surface area contributed by atoms with E-state index in [1.807, 2.05) is 56.3 Å². The summed E-state index contributed by atoms with van der Waals surface area (Å²) < 4.78 is 16.3. The molecule has 0 saturated heterocycles.